The SMILES string of the molecule is CC[C@H](C)[C@H](NC(=O)[C@H](CC(N)=O)NC(=O)[C@H](CO)NC(=O)[C@@H](NC(=O)[C@H](CCCNC(=N)N)NC(=O)[C@@H](NC(=O)[C@H](Cc1ccccc1)NC(=O)CNC(=O)[C@H](CCC(=O)O)NC(=O)[C@H](CC(C)C)NC(=O)[C@H](Cc1ccccc1)NC(=O)[C@@H](N)CCCCN)C(C)C)[C@@H](C)O)C(=O)N[C@@H](CCCCN)C(=O)N[C@@H](Cc1ccccc1)C(=O)N[C@@H](CCC(N)=O)C(=O)N[C@@H](CC(=O)O)C(=O)O. The van der Waals surface area contributed by atoms with Crippen molar-refractivity contribution in [3.8, 4) is 0 Å². The van der Waals surface area contributed by atoms with Crippen LogP contribution in [0.4, 0.5) is 0 Å². The quantitative estimate of drug-likeness (QED) is 0.0142. The molecular weight excluding hydrogens is 1790 g/mol. The van der Waals surface area contributed by atoms with Crippen molar-refractivity contribution in [2.24, 2.45) is 52.2 Å². The number of carboxylic acids is 3. The minimum absolute atomic E-state index is 0.0186. The van der Waals surface area contributed by atoms with Crippen molar-refractivity contribution in [1.29, 1.82) is 5.41 Å². The lowest BCUT2D eigenvalue weighted by Gasteiger charge is -2.30. The van der Waals surface area contributed by atoms with Gasteiger partial charge in [-0.05, 0) is 119 Å². The van der Waals surface area contributed by atoms with Gasteiger partial charge < -0.3 is 145 Å². The highest BCUT2D eigenvalue weighted by molar-refractivity contribution is 6.02. The smallest absolute Gasteiger partial charge is 0.326 e. The van der Waals surface area contributed by atoms with Crippen LogP contribution in [0.5, 0.6) is 0 Å². The number of hydrogen-bond donors (Lipinski definition) is 28. The summed E-state index contributed by atoms with van der Waals surface area (Å²) in [5, 5.41) is 97.2. The van der Waals surface area contributed by atoms with Crippen LogP contribution in [0.15, 0.2) is 91.0 Å². The molecule has 758 valence electrons. The Balaban J connectivity index is 1.92. The summed E-state index contributed by atoms with van der Waals surface area (Å²) in [5.74, 6) is -25.4. The van der Waals surface area contributed by atoms with Gasteiger partial charge in [-0.2, -0.15) is 0 Å². The van der Waals surface area contributed by atoms with E-state index in [9.17, 15) is 121 Å². The summed E-state index contributed by atoms with van der Waals surface area (Å²) >= 11 is 0. The van der Waals surface area contributed by atoms with Crippen LogP contribution in [-0.4, -0.2) is 279 Å². The molecule has 0 saturated heterocycles. The highest BCUT2D eigenvalue weighted by Gasteiger charge is 2.41. The molecule has 48 heteroatoms. The molecule has 0 saturated carbocycles. The van der Waals surface area contributed by atoms with E-state index in [1.54, 1.807) is 112 Å². The Morgan fingerprint density at radius 3 is 1.19 bits per heavy atom. The molecule has 0 bridgehead atoms. The van der Waals surface area contributed by atoms with E-state index in [0.29, 0.717) is 36.1 Å². The molecule has 3 aromatic carbocycles. The minimum Gasteiger partial charge on any atom is -0.481 e. The van der Waals surface area contributed by atoms with E-state index in [1.807, 2.05) is 5.32 Å². The molecule has 3 aromatic rings. The molecule has 0 unspecified atom stereocenters. The van der Waals surface area contributed by atoms with Crippen molar-refractivity contribution < 1.29 is 121 Å². The van der Waals surface area contributed by atoms with Gasteiger partial charge in [0.2, 0.25) is 100 Å². The zero-order valence-corrected chi connectivity index (χ0v) is 78.0. The van der Waals surface area contributed by atoms with E-state index in [4.69, 9.17) is 39.8 Å². The molecule has 0 heterocycles. The van der Waals surface area contributed by atoms with Crippen LogP contribution in [0.25, 0.3) is 0 Å². The molecule has 0 aliphatic heterocycles. The third kappa shape index (κ3) is 44.9. The summed E-state index contributed by atoms with van der Waals surface area (Å²) in [7, 11) is 0. The minimum atomic E-state index is -2.10. The molecule has 0 radical (unpaired) electrons. The van der Waals surface area contributed by atoms with Crippen molar-refractivity contribution in [2.45, 2.75) is 267 Å². The molecule has 0 aliphatic carbocycles. The molecule has 3 rings (SSSR count). The number of primary amides is 2. The number of hydrogen-bond acceptors (Lipinski definition) is 26. The van der Waals surface area contributed by atoms with E-state index in [2.05, 4.69) is 79.8 Å². The van der Waals surface area contributed by atoms with Crippen molar-refractivity contribution in [3.63, 3.8) is 0 Å². The first-order valence-corrected chi connectivity index (χ1v) is 45.1. The summed E-state index contributed by atoms with van der Waals surface area (Å²) in [5.41, 5.74) is 35.6. The maximum atomic E-state index is 14.7. The average Bonchev–Trinajstić information content (AvgIpc) is 0.850. The van der Waals surface area contributed by atoms with Gasteiger partial charge in [0.25, 0.3) is 0 Å². The largest absolute Gasteiger partial charge is 0.481 e. The molecule has 0 aromatic heterocycles. The normalized spacial score (nSPS) is 14.8. The van der Waals surface area contributed by atoms with Crippen LogP contribution < -0.4 is 119 Å². The van der Waals surface area contributed by atoms with E-state index < -0.39 is 285 Å². The van der Waals surface area contributed by atoms with Crippen molar-refractivity contribution >= 4 is 124 Å². The summed E-state index contributed by atoms with van der Waals surface area (Å²) in [6, 6.07) is -0.0623. The number of guanidine groups is 1. The monoisotopic (exact) mass is 1930 g/mol. The van der Waals surface area contributed by atoms with Crippen molar-refractivity contribution in [1.82, 2.24) is 85.1 Å². The van der Waals surface area contributed by atoms with Gasteiger partial charge in [0.15, 0.2) is 5.96 Å². The van der Waals surface area contributed by atoms with Gasteiger partial charge in [0.05, 0.1) is 38.1 Å². The predicted molar refractivity (Wildman–Crippen MR) is 495 cm³/mol. The topological polar surface area (TPSA) is 815 Å². The third-order valence-corrected chi connectivity index (χ3v) is 21.6. The Kier molecular flexibility index (Phi) is 53.0. The number of carbonyl (C=O) groups excluding carboxylic acids is 17. The lowest BCUT2D eigenvalue weighted by Crippen LogP contribution is -2.63. The summed E-state index contributed by atoms with van der Waals surface area (Å²) in [6.07, 6.45) is -5.45. The van der Waals surface area contributed by atoms with Crippen LogP contribution in [0, 0.1) is 23.2 Å². The number of carboxylic acid groups (broad SMARTS) is 3. The maximum absolute atomic E-state index is 14.7. The van der Waals surface area contributed by atoms with E-state index in [0.717, 1.165) is 6.92 Å². The Morgan fingerprint density at radius 1 is 0.365 bits per heavy atom. The van der Waals surface area contributed by atoms with Crippen molar-refractivity contribution in [3.05, 3.63) is 108 Å². The Labute approximate surface area is 792 Å². The van der Waals surface area contributed by atoms with Gasteiger partial charge in [-0.25, -0.2) is 4.79 Å². The second-order valence-electron chi connectivity index (χ2n) is 33.9. The fourth-order valence-corrected chi connectivity index (χ4v) is 13.8. The Morgan fingerprint density at radius 2 is 0.737 bits per heavy atom. The molecular formula is C89H137N23O25. The molecule has 137 heavy (non-hydrogen) atoms. The van der Waals surface area contributed by atoms with E-state index in [1.165, 1.54) is 20.8 Å². The van der Waals surface area contributed by atoms with Crippen LogP contribution in [0.1, 0.15) is 168 Å². The van der Waals surface area contributed by atoms with Crippen LogP contribution in [-0.2, 0) is 115 Å². The Hall–Kier alpha value is -13.9. The second-order valence-corrected chi connectivity index (χ2v) is 33.9. The second kappa shape index (κ2) is 61.9. The lowest BCUT2D eigenvalue weighted by molar-refractivity contribution is -0.147. The number of rotatable bonds is 66. The fraction of sp³-hybridized carbons (Fsp3) is 0.562. The van der Waals surface area contributed by atoms with E-state index >= 15 is 0 Å². The molecule has 0 fully saturated rings. The predicted octanol–water partition coefficient (Wildman–Crippen LogP) is -6.85. The fourth-order valence-electron chi connectivity index (χ4n) is 13.8. The summed E-state index contributed by atoms with van der Waals surface area (Å²) < 4.78 is 0. The van der Waals surface area contributed by atoms with Gasteiger partial charge >= 0.3 is 17.9 Å². The zero-order chi connectivity index (χ0) is 103. The molecule has 17 amide bonds. The number of nitrogens with two attached hydrogens (primary N) is 6. The van der Waals surface area contributed by atoms with Gasteiger partial charge in [-0.3, -0.25) is 96.5 Å². The number of benzene rings is 3. The average molecular weight is 1930 g/mol. The maximum Gasteiger partial charge on any atom is 0.326 e. The van der Waals surface area contributed by atoms with Gasteiger partial charge in [0.1, 0.15) is 84.6 Å². The number of carbonyl (C=O) groups is 20. The molecule has 0 aliphatic rings. The van der Waals surface area contributed by atoms with Crippen LogP contribution in [0.3, 0.4) is 0 Å². The van der Waals surface area contributed by atoms with Crippen molar-refractivity contribution in [2.75, 3.05) is 32.8 Å². The first kappa shape index (κ1) is 117. The zero-order valence-electron chi connectivity index (χ0n) is 78.0. The molecule has 17 atom stereocenters. The first-order valence-electron chi connectivity index (χ1n) is 45.1. The van der Waals surface area contributed by atoms with Gasteiger partial charge in [-0.1, -0.05) is 145 Å². The summed E-state index contributed by atoms with van der Waals surface area (Å²) in [6.45, 7) is 8.83. The Bertz CT molecular complexity index is 4540. The first-order chi connectivity index (χ1) is 64.7. The number of nitrogens with one attached hydrogen (secondary N) is 17. The number of aliphatic carboxylic acids is 3. The van der Waals surface area contributed by atoms with Gasteiger partial charge in [0, 0.05) is 38.6 Å². The number of aliphatic hydroxyl groups excluding tert-OH is 2. The number of aliphatic hydroxyl groups is 2. The summed E-state index contributed by atoms with van der Waals surface area (Å²) in [4.78, 5) is 274. The molecule has 0 spiro atoms. The van der Waals surface area contributed by atoms with E-state index in [-0.39, 0.29) is 89.6 Å². The standard InChI is InChI=1S/C89H137N23O25/c1-8-49(6)72(86(134)103-55(30-19-21-37-91)76(124)106-62(42-53-27-16-11-17-28-53)80(128)101-58(32-34-66(93)115)77(125)108-64(88(136)137)44-70(120)121)111-83(131)63(43-67(94)116)107-84(132)65(46-113)109-87(135)73(50(7)114)112-78(126)56(31-22-38-97-89(95)96)102-85(133)71(48(4)5)110-82(130)60(40-51-23-12-9-13-24-51)99-68(117)45-98-75(123)57(33-35-69(118)119)100-79(127)59(39-47(2)3)105-81(129)61(41-52-25-14-10-15-26-52)104-74(122)54(92)29-18-20-36-90/h9-17,23-28,47-50,54-65,71-73,113-114H,8,18-22,29-46,90-92H2,1-7H3,(H2,93,115)(H2,94,116)(H,98,123)(H,99,117)(H,100,127)(H,101,128)(H,102,133)(H,103,134)(H,104,122)(H,105,129)(H,106,124)(H,107,132)(H,108,125)(H,109,135)(H,110,130)(H,111,131)(H,112,126)(H,118,119)(H,120,121)(H,136,137)(H4,95,96,97)/t49-,50+,54-,55-,56-,57-,58-,59-,60-,61-,62-,63-,64-,65-,71-,72-,73-/m0/s1. The highest BCUT2D eigenvalue weighted by Crippen LogP contribution is 2.18. The third-order valence-electron chi connectivity index (χ3n) is 21.6. The van der Waals surface area contributed by atoms with Gasteiger partial charge in [-0.15, -0.1) is 0 Å². The number of unbranched alkanes of at least 4 members (excludes halogenated alkanes) is 2. The van der Waals surface area contributed by atoms with Crippen LogP contribution >= 0.6 is 0 Å². The highest BCUT2D eigenvalue weighted by atomic mass is 16.4. The molecule has 34 N–H and O–H groups in total. The number of amides is 17. The van der Waals surface area contributed by atoms with Crippen LogP contribution in [0.2, 0.25) is 0 Å². The lowest BCUT2D eigenvalue weighted by atomic mass is 9.96. The molecule has 48 nitrogen and oxygen atoms in total.